The summed E-state index contributed by atoms with van der Waals surface area (Å²) >= 11 is 0.909. The van der Waals surface area contributed by atoms with E-state index in [1.807, 2.05) is 43.3 Å². The third-order valence-electron chi connectivity index (χ3n) is 4.73. The maximum absolute atomic E-state index is 12.8. The van der Waals surface area contributed by atoms with Crippen molar-refractivity contribution in [1.29, 1.82) is 0 Å². The number of hydrogen-bond acceptors (Lipinski definition) is 5. The lowest BCUT2D eigenvalue weighted by Crippen LogP contribution is -2.27. The van der Waals surface area contributed by atoms with Crippen LogP contribution in [0.5, 0.6) is 0 Å². The van der Waals surface area contributed by atoms with Crippen molar-refractivity contribution < 1.29 is 14.5 Å². The average molecular weight is 419 g/mol. The number of benzene rings is 2. The molecule has 1 aliphatic heterocycles. The summed E-state index contributed by atoms with van der Waals surface area (Å²) in [6.45, 7) is 2.21. The van der Waals surface area contributed by atoms with Crippen molar-refractivity contribution in [2.24, 2.45) is 0 Å². The molecule has 0 bridgehead atoms. The van der Waals surface area contributed by atoms with Gasteiger partial charge in [0.1, 0.15) is 0 Å². The average Bonchev–Trinajstić information content (AvgIpc) is 3.30. The number of carbonyl (C=O) groups is 2. The number of hydrogen-bond donors (Lipinski definition) is 0. The second-order valence-electron chi connectivity index (χ2n) is 6.83. The number of thioether (sulfide) groups is 1. The Morgan fingerprint density at radius 3 is 2.40 bits per heavy atom. The highest BCUT2D eigenvalue weighted by molar-refractivity contribution is 8.18. The summed E-state index contributed by atoms with van der Waals surface area (Å²) in [6.07, 6.45) is 3.46. The summed E-state index contributed by atoms with van der Waals surface area (Å²) in [5.41, 5.74) is 3.42. The first-order chi connectivity index (χ1) is 14.4. The molecule has 8 heteroatoms. The number of aryl methyl sites for hydroxylation is 1. The van der Waals surface area contributed by atoms with E-state index >= 15 is 0 Å². The minimum atomic E-state index is -0.454. The predicted octanol–water partition coefficient (Wildman–Crippen LogP) is 4.93. The first-order valence-electron chi connectivity index (χ1n) is 9.15. The van der Waals surface area contributed by atoms with Gasteiger partial charge in [0.05, 0.1) is 16.4 Å². The van der Waals surface area contributed by atoms with Gasteiger partial charge in [-0.05, 0) is 54.6 Å². The van der Waals surface area contributed by atoms with Crippen molar-refractivity contribution in [2.75, 3.05) is 0 Å². The molecule has 7 nitrogen and oxygen atoms in total. The van der Waals surface area contributed by atoms with Crippen molar-refractivity contribution in [3.8, 4) is 5.69 Å². The van der Waals surface area contributed by atoms with Gasteiger partial charge in [-0.1, -0.05) is 29.8 Å². The van der Waals surface area contributed by atoms with E-state index in [0.29, 0.717) is 10.6 Å². The molecule has 1 aromatic heterocycles. The van der Waals surface area contributed by atoms with E-state index in [0.717, 1.165) is 28.6 Å². The number of nitro groups is 1. The highest BCUT2D eigenvalue weighted by Crippen LogP contribution is 2.33. The maximum Gasteiger partial charge on any atom is 0.293 e. The minimum Gasteiger partial charge on any atom is -0.317 e. The van der Waals surface area contributed by atoms with Crippen molar-refractivity contribution in [3.63, 3.8) is 0 Å². The smallest absolute Gasteiger partial charge is 0.293 e. The fourth-order valence-corrected chi connectivity index (χ4v) is 3.95. The topological polar surface area (TPSA) is 85.4 Å². The molecule has 1 saturated heterocycles. The summed E-state index contributed by atoms with van der Waals surface area (Å²) in [6, 6.07) is 17.5. The molecule has 3 aromatic rings. The van der Waals surface area contributed by atoms with E-state index < -0.39 is 4.92 Å². The van der Waals surface area contributed by atoms with Crippen molar-refractivity contribution in [3.05, 3.63) is 98.7 Å². The van der Waals surface area contributed by atoms with Crippen LogP contribution in [0.15, 0.2) is 71.8 Å². The first-order valence-corrected chi connectivity index (χ1v) is 9.97. The zero-order chi connectivity index (χ0) is 21.3. The Bertz CT molecular complexity index is 1160. The summed E-state index contributed by atoms with van der Waals surface area (Å²) in [5.74, 6) is -0.331. The largest absolute Gasteiger partial charge is 0.317 e. The molecule has 0 N–H and O–H groups in total. The van der Waals surface area contributed by atoms with Gasteiger partial charge in [0.15, 0.2) is 0 Å². The Kier molecular flexibility index (Phi) is 5.24. The molecule has 0 unspecified atom stereocenters. The van der Waals surface area contributed by atoms with E-state index in [2.05, 4.69) is 0 Å². The number of nitro benzene ring substituents is 1. The van der Waals surface area contributed by atoms with Gasteiger partial charge in [-0.15, -0.1) is 0 Å². The van der Waals surface area contributed by atoms with Crippen molar-refractivity contribution in [1.82, 2.24) is 9.47 Å². The van der Waals surface area contributed by atoms with Crippen LogP contribution in [-0.4, -0.2) is 25.5 Å². The van der Waals surface area contributed by atoms with E-state index in [1.54, 1.807) is 29.0 Å². The molecule has 150 valence electrons. The monoisotopic (exact) mass is 419 g/mol. The molecule has 1 aliphatic rings. The first kappa shape index (κ1) is 19.7. The zero-order valence-electron chi connectivity index (χ0n) is 16.0. The minimum absolute atomic E-state index is 0.00433. The number of aromatic nitrogens is 1. The van der Waals surface area contributed by atoms with Gasteiger partial charge in [-0.25, -0.2) is 0 Å². The lowest BCUT2D eigenvalue weighted by molar-refractivity contribution is -0.384. The Morgan fingerprint density at radius 2 is 1.73 bits per heavy atom. The van der Waals surface area contributed by atoms with Gasteiger partial charge in [-0.2, -0.15) is 0 Å². The van der Waals surface area contributed by atoms with Crippen LogP contribution in [0, 0.1) is 17.0 Å². The van der Waals surface area contributed by atoms with E-state index in [9.17, 15) is 19.7 Å². The summed E-state index contributed by atoms with van der Waals surface area (Å²) in [4.78, 5) is 37.2. The van der Waals surface area contributed by atoms with Crippen LogP contribution in [-0.2, 0) is 11.3 Å². The molecular weight excluding hydrogens is 402 g/mol. The molecule has 1 fully saturated rings. The SMILES string of the molecule is Cc1ccc(CN2C(=O)S/C(=C\c3cccn3-c3ccc([N+](=O)[O-])cc3)C2=O)cc1. The van der Waals surface area contributed by atoms with Crippen molar-refractivity contribution >= 4 is 34.7 Å². The van der Waals surface area contributed by atoms with Crippen LogP contribution in [0.1, 0.15) is 16.8 Å². The second-order valence-corrected chi connectivity index (χ2v) is 7.82. The molecule has 0 saturated carbocycles. The van der Waals surface area contributed by atoms with Crippen LogP contribution >= 0.6 is 11.8 Å². The number of rotatable bonds is 5. The van der Waals surface area contributed by atoms with E-state index in [4.69, 9.17) is 0 Å². The fourth-order valence-electron chi connectivity index (χ4n) is 3.13. The number of amides is 2. The number of non-ortho nitro benzene ring substituents is 1. The molecule has 2 amide bonds. The maximum atomic E-state index is 12.8. The normalized spacial score (nSPS) is 15.2. The summed E-state index contributed by atoms with van der Waals surface area (Å²) in [5, 5.41) is 10.5. The Balaban J connectivity index is 1.58. The molecule has 2 heterocycles. The lowest BCUT2D eigenvalue weighted by atomic mass is 10.1. The zero-order valence-corrected chi connectivity index (χ0v) is 16.8. The molecule has 2 aromatic carbocycles. The highest BCUT2D eigenvalue weighted by Gasteiger charge is 2.35. The van der Waals surface area contributed by atoms with Gasteiger partial charge < -0.3 is 4.57 Å². The van der Waals surface area contributed by atoms with E-state index in [-0.39, 0.29) is 23.4 Å². The molecule has 30 heavy (non-hydrogen) atoms. The molecule has 0 spiro atoms. The molecule has 0 atom stereocenters. The lowest BCUT2D eigenvalue weighted by Gasteiger charge is -2.12. The number of nitrogens with zero attached hydrogens (tertiary/aromatic N) is 3. The fraction of sp³-hybridized carbons (Fsp3) is 0.0909. The van der Waals surface area contributed by atoms with Crippen LogP contribution in [0.3, 0.4) is 0 Å². The van der Waals surface area contributed by atoms with Gasteiger partial charge in [-0.3, -0.25) is 24.6 Å². The van der Waals surface area contributed by atoms with Gasteiger partial charge in [0.25, 0.3) is 16.8 Å². The molecule has 0 aliphatic carbocycles. The second kappa shape index (κ2) is 8.00. The van der Waals surface area contributed by atoms with Crippen LogP contribution in [0.2, 0.25) is 0 Å². The number of imide groups is 1. The quantitative estimate of drug-likeness (QED) is 0.332. The summed E-state index contributed by atoms with van der Waals surface area (Å²) in [7, 11) is 0. The number of carbonyl (C=O) groups excluding carboxylic acids is 2. The van der Waals surface area contributed by atoms with Crippen molar-refractivity contribution in [2.45, 2.75) is 13.5 Å². The van der Waals surface area contributed by atoms with Crippen LogP contribution in [0.25, 0.3) is 11.8 Å². The van der Waals surface area contributed by atoms with Crippen LogP contribution < -0.4 is 0 Å². The Labute approximate surface area is 176 Å². The predicted molar refractivity (Wildman–Crippen MR) is 115 cm³/mol. The highest BCUT2D eigenvalue weighted by atomic mass is 32.2. The Morgan fingerprint density at radius 1 is 1.03 bits per heavy atom. The molecular formula is C22H17N3O4S. The third kappa shape index (κ3) is 3.90. The molecule has 4 rings (SSSR count). The van der Waals surface area contributed by atoms with Crippen LogP contribution in [0.4, 0.5) is 10.5 Å². The van der Waals surface area contributed by atoms with E-state index in [1.165, 1.54) is 17.0 Å². The van der Waals surface area contributed by atoms with Gasteiger partial charge in [0, 0.05) is 29.7 Å². The summed E-state index contributed by atoms with van der Waals surface area (Å²) < 4.78 is 1.80. The third-order valence-corrected chi connectivity index (χ3v) is 5.64. The molecule has 0 radical (unpaired) electrons. The van der Waals surface area contributed by atoms with Gasteiger partial charge >= 0.3 is 0 Å². The van der Waals surface area contributed by atoms with Gasteiger partial charge in [0.2, 0.25) is 0 Å². The standard InChI is InChI=1S/C22H17N3O4S/c1-15-4-6-16(7-5-15)14-24-21(26)20(30-22(24)27)13-19-3-2-12-23(19)17-8-10-18(11-9-17)25(28)29/h2-13H,14H2,1H3/b20-13-. The Hall–Kier alpha value is -3.65.